The van der Waals surface area contributed by atoms with Crippen molar-refractivity contribution < 1.29 is 22.9 Å². The molecule has 34 heavy (non-hydrogen) atoms. The molecule has 0 unspecified atom stereocenters. The summed E-state index contributed by atoms with van der Waals surface area (Å²) < 4.78 is 32.7. The van der Waals surface area contributed by atoms with Crippen LogP contribution in [0.4, 0.5) is 5.69 Å². The molecule has 2 aromatic carbocycles. The highest BCUT2D eigenvalue weighted by Gasteiger charge is 2.31. The summed E-state index contributed by atoms with van der Waals surface area (Å²) in [5, 5.41) is 11.3. The van der Waals surface area contributed by atoms with Gasteiger partial charge in [-0.1, -0.05) is 31.4 Å². The number of carbonyl (C=O) groups is 1. The Hall–Kier alpha value is -2.98. The molecule has 0 bridgehead atoms. The van der Waals surface area contributed by atoms with Gasteiger partial charge in [0, 0.05) is 37.8 Å². The SMILES string of the molecule is COc1ccc(C(=O)N2CCN(S(=O)(=O)c3ccc(C4CCCCC4)cc3)CC2)cc1[N+](=O)[O-]. The van der Waals surface area contributed by atoms with E-state index < -0.39 is 14.9 Å². The summed E-state index contributed by atoms with van der Waals surface area (Å²) in [6, 6.07) is 11.3. The monoisotopic (exact) mass is 487 g/mol. The fourth-order valence-corrected chi connectivity index (χ4v) is 6.20. The fourth-order valence-electron chi connectivity index (χ4n) is 4.78. The van der Waals surface area contributed by atoms with Crippen molar-refractivity contribution in [3.05, 3.63) is 63.7 Å². The van der Waals surface area contributed by atoms with Crippen LogP contribution in [-0.2, 0) is 10.0 Å². The minimum Gasteiger partial charge on any atom is -0.490 e. The lowest BCUT2D eigenvalue weighted by Gasteiger charge is -2.34. The molecule has 1 aliphatic heterocycles. The van der Waals surface area contributed by atoms with Crippen LogP contribution in [0.3, 0.4) is 0 Å². The third kappa shape index (κ3) is 4.92. The molecule has 0 aromatic heterocycles. The van der Waals surface area contributed by atoms with E-state index in [1.54, 1.807) is 12.1 Å². The Morgan fingerprint density at radius 2 is 1.65 bits per heavy atom. The summed E-state index contributed by atoms with van der Waals surface area (Å²) in [5.74, 6) is 0.209. The molecule has 0 N–H and O–H groups in total. The number of amides is 1. The van der Waals surface area contributed by atoms with E-state index in [2.05, 4.69) is 0 Å². The Kier molecular flexibility index (Phi) is 7.18. The fraction of sp³-hybridized carbons (Fsp3) is 0.458. The molecule has 9 nitrogen and oxygen atoms in total. The first kappa shape index (κ1) is 24.2. The van der Waals surface area contributed by atoms with Crippen molar-refractivity contribution in [3.8, 4) is 5.75 Å². The van der Waals surface area contributed by atoms with Crippen LogP contribution >= 0.6 is 0 Å². The minimum atomic E-state index is -3.66. The number of hydrogen-bond donors (Lipinski definition) is 0. The molecule has 0 radical (unpaired) electrons. The average Bonchev–Trinajstić information content (AvgIpc) is 2.88. The summed E-state index contributed by atoms with van der Waals surface area (Å²) >= 11 is 0. The molecule has 2 fully saturated rings. The smallest absolute Gasteiger partial charge is 0.311 e. The highest BCUT2D eigenvalue weighted by atomic mass is 32.2. The number of piperazine rings is 1. The van der Waals surface area contributed by atoms with Crippen molar-refractivity contribution in [3.63, 3.8) is 0 Å². The number of methoxy groups -OCH3 is 1. The van der Waals surface area contributed by atoms with Crippen molar-refractivity contribution in [2.24, 2.45) is 0 Å². The molecule has 2 aromatic rings. The number of sulfonamides is 1. The first-order valence-electron chi connectivity index (χ1n) is 11.5. The second kappa shape index (κ2) is 10.1. The maximum atomic E-state index is 13.1. The zero-order valence-corrected chi connectivity index (χ0v) is 20.0. The van der Waals surface area contributed by atoms with Crippen molar-refractivity contribution in [1.82, 2.24) is 9.21 Å². The summed E-state index contributed by atoms with van der Waals surface area (Å²) in [7, 11) is -2.33. The quantitative estimate of drug-likeness (QED) is 0.453. The van der Waals surface area contributed by atoms with Gasteiger partial charge in [-0.2, -0.15) is 4.31 Å². The summed E-state index contributed by atoms with van der Waals surface area (Å²) in [4.78, 5) is 25.3. The molecule has 1 saturated carbocycles. The molecule has 1 saturated heterocycles. The number of hydrogen-bond acceptors (Lipinski definition) is 6. The molecule has 0 atom stereocenters. The number of rotatable bonds is 6. The van der Waals surface area contributed by atoms with Crippen LogP contribution in [0.25, 0.3) is 0 Å². The average molecular weight is 488 g/mol. The van der Waals surface area contributed by atoms with Gasteiger partial charge in [-0.25, -0.2) is 8.42 Å². The third-order valence-corrected chi connectivity index (χ3v) is 8.66. The molecule has 2 aliphatic rings. The van der Waals surface area contributed by atoms with Gasteiger partial charge in [-0.05, 0) is 48.6 Å². The second-order valence-corrected chi connectivity index (χ2v) is 10.7. The van der Waals surface area contributed by atoms with Crippen LogP contribution < -0.4 is 4.74 Å². The molecule has 1 heterocycles. The van der Waals surface area contributed by atoms with Crippen molar-refractivity contribution >= 4 is 21.6 Å². The number of benzene rings is 2. The van der Waals surface area contributed by atoms with Crippen LogP contribution in [0.1, 0.15) is 53.9 Å². The molecule has 4 rings (SSSR count). The van der Waals surface area contributed by atoms with Crippen molar-refractivity contribution in [2.45, 2.75) is 42.9 Å². The van der Waals surface area contributed by atoms with Crippen LogP contribution in [0.2, 0.25) is 0 Å². The Bertz CT molecular complexity index is 1150. The first-order valence-corrected chi connectivity index (χ1v) is 13.0. The lowest BCUT2D eigenvalue weighted by atomic mass is 9.84. The Morgan fingerprint density at radius 3 is 2.24 bits per heavy atom. The van der Waals surface area contributed by atoms with Gasteiger partial charge in [0.25, 0.3) is 5.91 Å². The Morgan fingerprint density at radius 1 is 1.00 bits per heavy atom. The van der Waals surface area contributed by atoms with Gasteiger partial charge in [0.05, 0.1) is 16.9 Å². The van der Waals surface area contributed by atoms with E-state index in [9.17, 15) is 23.3 Å². The molecule has 1 amide bonds. The number of nitro benzene ring substituents is 1. The standard InChI is InChI=1S/C24H29N3O6S/c1-33-23-12-9-20(17-22(23)27(29)30)24(28)25-13-15-26(16-14-25)34(31,32)21-10-7-19(8-11-21)18-5-3-2-4-6-18/h7-12,17-18H,2-6,13-16H2,1H3. The van der Waals surface area contributed by atoms with Gasteiger partial charge >= 0.3 is 5.69 Å². The van der Waals surface area contributed by atoms with E-state index in [0.717, 1.165) is 12.8 Å². The normalized spacial score (nSPS) is 18.0. The summed E-state index contributed by atoms with van der Waals surface area (Å²) in [5.41, 5.74) is 1.08. The zero-order chi connectivity index (χ0) is 24.3. The Balaban J connectivity index is 1.41. The molecule has 0 spiro atoms. The van der Waals surface area contributed by atoms with Gasteiger partial charge in [0.2, 0.25) is 10.0 Å². The van der Waals surface area contributed by atoms with Crippen LogP contribution in [0, 0.1) is 10.1 Å². The van der Waals surface area contributed by atoms with Gasteiger partial charge in [0.1, 0.15) is 0 Å². The van der Waals surface area contributed by atoms with E-state index in [0.29, 0.717) is 5.92 Å². The van der Waals surface area contributed by atoms with Crippen LogP contribution in [0.15, 0.2) is 47.4 Å². The lowest BCUT2D eigenvalue weighted by Crippen LogP contribution is -2.50. The molecule has 182 valence electrons. The van der Waals surface area contributed by atoms with Gasteiger partial charge in [-0.3, -0.25) is 14.9 Å². The number of carbonyl (C=O) groups excluding carboxylic acids is 1. The highest BCUT2D eigenvalue weighted by molar-refractivity contribution is 7.89. The largest absolute Gasteiger partial charge is 0.490 e. The van der Waals surface area contributed by atoms with E-state index in [1.807, 2.05) is 12.1 Å². The molecule has 1 aliphatic carbocycles. The summed E-state index contributed by atoms with van der Waals surface area (Å²) in [6.07, 6.45) is 6.01. The van der Waals surface area contributed by atoms with Gasteiger partial charge < -0.3 is 9.64 Å². The third-order valence-electron chi connectivity index (χ3n) is 6.74. The highest BCUT2D eigenvalue weighted by Crippen LogP contribution is 2.33. The van der Waals surface area contributed by atoms with Crippen molar-refractivity contribution in [2.75, 3.05) is 33.3 Å². The van der Waals surface area contributed by atoms with Crippen LogP contribution in [0.5, 0.6) is 5.75 Å². The Labute approximate surface area is 199 Å². The van der Waals surface area contributed by atoms with E-state index >= 15 is 0 Å². The second-order valence-electron chi connectivity index (χ2n) is 8.74. The van der Waals surface area contributed by atoms with Gasteiger partial charge in [-0.15, -0.1) is 0 Å². The predicted octanol–water partition coefficient (Wildman–Crippen LogP) is 3.80. The van der Waals surface area contributed by atoms with E-state index in [-0.39, 0.29) is 54.0 Å². The predicted molar refractivity (Wildman–Crippen MR) is 127 cm³/mol. The van der Waals surface area contributed by atoms with E-state index in [1.165, 1.54) is 59.3 Å². The number of nitro groups is 1. The zero-order valence-electron chi connectivity index (χ0n) is 19.2. The lowest BCUT2D eigenvalue weighted by molar-refractivity contribution is -0.385. The van der Waals surface area contributed by atoms with Crippen LogP contribution in [-0.4, -0.2) is 61.7 Å². The topological polar surface area (TPSA) is 110 Å². The number of ether oxygens (including phenoxy) is 1. The van der Waals surface area contributed by atoms with Gasteiger partial charge in [0.15, 0.2) is 5.75 Å². The number of nitrogens with zero attached hydrogens (tertiary/aromatic N) is 3. The van der Waals surface area contributed by atoms with E-state index in [4.69, 9.17) is 4.74 Å². The maximum Gasteiger partial charge on any atom is 0.311 e. The maximum absolute atomic E-state index is 13.1. The molecular weight excluding hydrogens is 458 g/mol. The molecule has 10 heteroatoms. The minimum absolute atomic E-state index is 0.0759. The van der Waals surface area contributed by atoms with Crippen molar-refractivity contribution in [1.29, 1.82) is 0 Å². The molecular formula is C24H29N3O6S. The first-order chi connectivity index (χ1) is 16.3. The summed E-state index contributed by atoms with van der Waals surface area (Å²) in [6.45, 7) is 0.740.